The topological polar surface area (TPSA) is 161 Å². The molecule has 9 nitrogen and oxygen atoms in total. The van der Waals surface area contributed by atoms with E-state index in [9.17, 15) is 34.8 Å². The Balaban J connectivity index is 1.68. The van der Waals surface area contributed by atoms with Crippen LogP contribution in [0.2, 0.25) is 0 Å². The van der Waals surface area contributed by atoms with Gasteiger partial charge in [0.25, 0.3) is 5.91 Å². The average Bonchev–Trinajstić information content (AvgIpc) is 2.85. The molecule has 0 heterocycles. The highest BCUT2D eigenvalue weighted by molar-refractivity contribution is 6.24. The van der Waals surface area contributed by atoms with Crippen molar-refractivity contribution in [2.75, 3.05) is 14.1 Å². The minimum atomic E-state index is -2.65. The molecule has 9 heteroatoms. The highest BCUT2D eigenvalue weighted by Crippen LogP contribution is 2.53. The lowest BCUT2D eigenvalue weighted by Gasteiger charge is -2.50. The van der Waals surface area contributed by atoms with Crippen molar-refractivity contribution in [1.29, 1.82) is 0 Å². The number of hydrogen-bond acceptors (Lipinski definition) is 8. The number of rotatable bonds is 3. The van der Waals surface area contributed by atoms with Gasteiger partial charge in [0.1, 0.15) is 22.8 Å². The molecule has 0 spiro atoms. The van der Waals surface area contributed by atoms with Crippen molar-refractivity contribution < 1.29 is 34.8 Å². The zero-order valence-corrected chi connectivity index (χ0v) is 23.1. The third kappa shape index (κ3) is 3.79. The van der Waals surface area contributed by atoms with Crippen LogP contribution in [0, 0.1) is 11.8 Å². The van der Waals surface area contributed by atoms with E-state index in [2.05, 4.69) is 20.8 Å². The van der Waals surface area contributed by atoms with Crippen molar-refractivity contribution in [2.45, 2.75) is 50.7 Å². The molecule has 2 aromatic rings. The number of benzene rings is 2. The lowest BCUT2D eigenvalue weighted by molar-refractivity contribution is -0.148. The van der Waals surface area contributed by atoms with Gasteiger partial charge < -0.3 is 26.2 Å². The molecule has 0 saturated carbocycles. The zero-order valence-electron chi connectivity index (χ0n) is 23.1. The normalized spacial score (nSPS) is 26.5. The van der Waals surface area contributed by atoms with Crippen molar-refractivity contribution >= 4 is 17.5 Å². The Labute approximate surface area is 232 Å². The molecule has 5 rings (SSSR count). The molecule has 0 fully saturated rings. The minimum Gasteiger partial charge on any atom is -0.510 e. The number of aliphatic hydroxyl groups is 3. The zero-order chi connectivity index (χ0) is 29.5. The highest BCUT2D eigenvalue weighted by Gasteiger charge is 2.63. The molecule has 0 bridgehead atoms. The molecule has 210 valence electrons. The number of nitrogens with two attached hydrogens (primary N) is 1. The summed E-state index contributed by atoms with van der Waals surface area (Å²) in [6, 6.07) is 10.1. The monoisotopic (exact) mass is 546 g/mol. The number of allylic oxidation sites excluding steroid dienone is 1. The molecule has 3 aliphatic rings. The number of primary amides is 1. The third-order valence-electron chi connectivity index (χ3n) is 8.67. The molecule has 0 aliphatic heterocycles. The fraction of sp³-hybridized carbons (Fsp3) is 0.387. The second-order valence-corrected chi connectivity index (χ2v) is 12.3. The van der Waals surface area contributed by atoms with Gasteiger partial charge in [-0.25, -0.2) is 0 Å². The number of Topliss-reactive ketones (excluding diaryl/α,β-unsaturated/α-hetero) is 2. The van der Waals surface area contributed by atoms with Crippen molar-refractivity contribution in [1.82, 2.24) is 4.90 Å². The average molecular weight is 547 g/mol. The Hall–Kier alpha value is -3.95. The van der Waals surface area contributed by atoms with Gasteiger partial charge in [0.05, 0.1) is 11.6 Å². The quantitative estimate of drug-likeness (QED) is 0.367. The Kier molecular flexibility index (Phi) is 6.24. The van der Waals surface area contributed by atoms with Crippen LogP contribution in [0.5, 0.6) is 5.75 Å². The van der Waals surface area contributed by atoms with E-state index in [1.165, 1.54) is 11.0 Å². The molecule has 0 aromatic heterocycles. The number of aromatic hydroxyl groups is 1. The second-order valence-electron chi connectivity index (χ2n) is 12.3. The number of carbonyl (C=O) groups excluding carboxylic acids is 3. The number of carbonyl (C=O) groups is 3. The summed E-state index contributed by atoms with van der Waals surface area (Å²) in [7, 11) is 3.20. The second kappa shape index (κ2) is 9.04. The van der Waals surface area contributed by atoms with Crippen LogP contribution < -0.4 is 5.73 Å². The molecular weight excluding hydrogens is 512 g/mol. The molecule has 0 saturated heterocycles. The molecule has 2 aromatic carbocycles. The van der Waals surface area contributed by atoms with Gasteiger partial charge in [0, 0.05) is 11.5 Å². The number of phenolic OH excluding ortho intramolecular Hbond substituents is 1. The summed E-state index contributed by atoms with van der Waals surface area (Å²) in [5, 5.41) is 44.8. The molecule has 1 amide bonds. The van der Waals surface area contributed by atoms with Gasteiger partial charge in [-0.1, -0.05) is 51.1 Å². The van der Waals surface area contributed by atoms with E-state index in [0.717, 1.165) is 16.7 Å². The summed E-state index contributed by atoms with van der Waals surface area (Å²) in [4.78, 5) is 41.0. The predicted octanol–water partition coefficient (Wildman–Crippen LogP) is 3.09. The summed E-state index contributed by atoms with van der Waals surface area (Å²) in [5.41, 5.74) is 5.03. The third-order valence-corrected chi connectivity index (χ3v) is 8.67. The Morgan fingerprint density at radius 1 is 1.02 bits per heavy atom. The van der Waals surface area contributed by atoms with Gasteiger partial charge in [0.2, 0.25) is 5.78 Å². The maximum atomic E-state index is 13.9. The molecule has 4 unspecified atom stereocenters. The number of ketones is 2. The van der Waals surface area contributed by atoms with Crippen LogP contribution in [-0.2, 0) is 21.4 Å². The first-order valence-corrected chi connectivity index (χ1v) is 13.2. The van der Waals surface area contributed by atoms with E-state index in [-0.39, 0.29) is 35.1 Å². The summed E-state index contributed by atoms with van der Waals surface area (Å²) < 4.78 is 0. The number of hydrogen-bond donors (Lipinski definition) is 5. The maximum Gasteiger partial charge on any atom is 0.255 e. The van der Waals surface area contributed by atoms with E-state index in [4.69, 9.17) is 5.73 Å². The van der Waals surface area contributed by atoms with Gasteiger partial charge in [-0.05, 0) is 66.6 Å². The van der Waals surface area contributed by atoms with Gasteiger partial charge in [-0.2, -0.15) is 0 Å². The Morgan fingerprint density at radius 3 is 2.20 bits per heavy atom. The first-order chi connectivity index (χ1) is 18.6. The minimum absolute atomic E-state index is 0.00169. The summed E-state index contributed by atoms with van der Waals surface area (Å²) >= 11 is 0. The molecule has 0 radical (unpaired) electrons. The van der Waals surface area contributed by atoms with E-state index >= 15 is 0 Å². The Morgan fingerprint density at radius 2 is 1.65 bits per heavy atom. The van der Waals surface area contributed by atoms with Crippen LogP contribution in [0.4, 0.5) is 0 Å². The van der Waals surface area contributed by atoms with Crippen molar-refractivity contribution in [3.63, 3.8) is 0 Å². The van der Waals surface area contributed by atoms with Crippen molar-refractivity contribution in [3.8, 4) is 16.9 Å². The van der Waals surface area contributed by atoms with Crippen molar-refractivity contribution in [2.24, 2.45) is 17.6 Å². The molecular formula is C31H34N2O7. The predicted molar refractivity (Wildman–Crippen MR) is 148 cm³/mol. The van der Waals surface area contributed by atoms with Crippen LogP contribution >= 0.6 is 0 Å². The smallest absolute Gasteiger partial charge is 0.255 e. The van der Waals surface area contributed by atoms with Crippen LogP contribution in [-0.4, -0.2) is 68.5 Å². The molecule has 40 heavy (non-hydrogen) atoms. The molecule has 6 N–H and O–H groups in total. The van der Waals surface area contributed by atoms with Gasteiger partial charge in [-0.3, -0.25) is 19.3 Å². The van der Waals surface area contributed by atoms with E-state index < -0.39 is 58.0 Å². The van der Waals surface area contributed by atoms with Gasteiger partial charge in [0.15, 0.2) is 11.4 Å². The van der Waals surface area contributed by atoms with Gasteiger partial charge >= 0.3 is 0 Å². The summed E-state index contributed by atoms with van der Waals surface area (Å²) in [6.07, 6.45) is 0.281. The van der Waals surface area contributed by atoms with Crippen LogP contribution in [0.25, 0.3) is 11.1 Å². The number of amides is 1. The van der Waals surface area contributed by atoms with E-state index in [1.807, 2.05) is 24.3 Å². The number of phenols is 1. The van der Waals surface area contributed by atoms with E-state index in [0.29, 0.717) is 5.56 Å². The van der Waals surface area contributed by atoms with Crippen LogP contribution in [0.15, 0.2) is 59.1 Å². The molecule has 4 atom stereocenters. The fourth-order valence-corrected chi connectivity index (χ4v) is 6.67. The fourth-order valence-electron chi connectivity index (χ4n) is 6.67. The standard InChI is InChI=1S/C31H34N2O7/c1-30(2,3)16-8-6-14(7-9-16)17-10-11-20(34)22-18(17)12-15-13-19-24(33(4)5)26(36)23(29(32)39)28(38)31(19,40)27(37)21(15)25(22)35/h6-11,15,19,24,34,36-37,40H,12-13H2,1-5H3,(H2,32,39). The number of fused-ring (bicyclic) bond motifs is 3. The van der Waals surface area contributed by atoms with E-state index in [1.54, 1.807) is 20.2 Å². The maximum absolute atomic E-state index is 13.9. The summed E-state index contributed by atoms with van der Waals surface area (Å²) in [6.45, 7) is 6.35. The largest absolute Gasteiger partial charge is 0.510 e. The molecule has 3 aliphatic carbocycles. The highest BCUT2D eigenvalue weighted by atomic mass is 16.3. The number of likely N-dealkylation sites (N-methyl/N-ethyl adjacent to an activating group) is 1. The first-order valence-electron chi connectivity index (χ1n) is 13.2. The number of aliphatic hydroxyl groups excluding tert-OH is 2. The number of nitrogens with zero attached hydrogens (tertiary/aromatic N) is 1. The van der Waals surface area contributed by atoms with Crippen LogP contribution in [0.3, 0.4) is 0 Å². The summed E-state index contributed by atoms with van der Waals surface area (Å²) in [5.74, 6) is -6.62. The van der Waals surface area contributed by atoms with Crippen molar-refractivity contribution in [3.05, 3.63) is 75.8 Å². The first kappa shape index (κ1) is 27.6. The van der Waals surface area contributed by atoms with Gasteiger partial charge in [-0.15, -0.1) is 0 Å². The van der Waals surface area contributed by atoms with Crippen LogP contribution in [0.1, 0.15) is 48.7 Å². The lowest BCUT2D eigenvalue weighted by Crippen LogP contribution is -2.63. The lowest BCUT2D eigenvalue weighted by atomic mass is 9.58. The SMILES string of the molecule is CN(C)C1C(O)=C(C(N)=O)C(=O)C2(O)C(O)=C3C(=O)c4c(O)ccc(-c5ccc(C(C)(C)C)cc5)c4CC3CC12. The Bertz CT molecular complexity index is 1530.